The Kier molecular flexibility index (Phi) is 4.39. The van der Waals surface area contributed by atoms with Gasteiger partial charge in [-0.15, -0.1) is 0 Å². The van der Waals surface area contributed by atoms with Gasteiger partial charge in [-0.3, -0.25) is 0 Å². The van der Waals surface area contributed by atoms with Crippen LogP contribution in [-0.4, -0.2) is 22.4 Å². The summed E-state index contributed by atoms with van der Waals surface area (Å²) >= 11 is 6.18. The van der Waals surface area contributed by atoms with Gasteiger partial charge in [0.2, 0.25) is 0 Å². The van der Waals surface area contributed by atoms with Crippen LogP contribution in [0, 0.1) is 5.82 Å². The molecule has 0 N–H and O–H groups in total. The number of rotatable bonds is 4. The first-order valence-corrected chi connectivity index (χ1v) is 6.66. The van der Waals surface area contributed by atoms with Gasteiger partial charge in [0.1, 0.15) is 5.82 Å². The van der Waals surface area contributed by atoms with Crippen LogP contribution in [0.5, 0.6) is 0 Å². The fourth-order valence-corrected chi connectivity index (χ4v) is 2.14. The number of aromatic nitrogens is 2. The Morgan fingerprint density at radius 2 is 2.00 bits per heavy atom. The number of hydrogen-bond donors (Lipinski definition) is 0. The van der Waals surface area contributed by atoms with E-state index in [4.69, 9.17) is 16.3 Å². The minimum atomic E-state index is -0.547. The molecule has 0 unspecified atom stereocenters. The van der Waals surface area contributed by atoms with Crippen LogP contribution in [-0.2, 0) is 11.2 Å². The molecule has 0 bridgehead atoms. The van der Waals surface area contributed by atoms with Crippen LogP contribution >= 0.6 is 11.6 Å². The average Bonchev–Trinajstić information content (AvgIpc) is 2.77. The molecule has 1 heterocycles. The summed E-state index contributed by atoms with van der Waals surface area (Å²) in [6, 6.07) is 5.65. The van der Waals surface area contributed by atoms with Crippen LogP contribution in [0.25, 0.3) is 5.69 Å². The highest BCUT2D eigenvalue weighted by atomic mass is 35.5. The number of nitrogens with zero attached hydrogens (tertiary/aromatic N) is 2. The maximum atomic E-state index is 13.0. The Balaban J connectivity index is 2.56. The van der Waals surface area contributed by atoms with Crippen LogP contribution in [0.4, 0.5) is 4.39 Å². The molecule has 0 aliphatic heterocycles. The van der Waals surface area contributed by atoms with Gasteiger partial charge in [-0.1, -0.05) is 18.5 Å². The first-order valence-electron chi connectivity index (χ1n) is 6.28. The SMILES string of the molecule is CCOC(=O)c1c(Cl)c(CC)nn1-c1ccc(F)cc1. The molecule has 0 fully saturated rings. The second-order valence-electron chi connectivity index (χ2n) is 4.07. The lowest BCUT2D eigenvalue weighted by atomic mass is 10.3. The molecule has 2 aromatic rings. The van der Waals surface area contributed by atoms with Crippen LogP contribution < -0.4 is 0 Å². The second kappa shape index (κ2) is 6.05. The normalized spacial score (nSPS) is 10.6. The van der Waals surface area contributed by atoms with Crippen molar-refractivity contribution in [2.45, 2.75) is 20.3 Å². The highest BCUT2D eigenvalue weighted by Gasteiger charge is 2.23. The van der Waals surface area contributed by atoms with Gasteiger partial charge in [0, 0.05) is 0 Å². The molecule has 0 atom stereocenters. The summed E-state index contributed by atoms with van der Waals surface area (Å²) in [4.78, 5) is 12.0. The molecule has 2 rings (SSSR count). The molecule has 1 aromatic carbocycles. The highest BCUT2D eigenvalue weighted by molar-refractivity contribution is 6.34. The smallest absolute Gasteiger partial charge is 0.358 e. The van der Waals surface area contributed by atoms with Gasteiger partial charge >= 0.3 is 5.97 Å². The van der Waals surface area contributed by atoms with Crippen LogP contribution in [0.1, 0.15) is 30.0 Å². The molecule has 0 saturated heterocycles. The molecular formula is C14H14ClFN2O2. The van der Waals surface area contributed by atoms with E-state index in [0.717, 1.165) is 0 Å². The van der Waals surface area contributed by atoms with E-state index in [1.165, 1.54) is 28.9 Å². The lowest BCUT2D eigenvalue weighted by Crippen LogP contribution is -2.12. The van der Waals surface area contributed by atoms with E-state index < -0.39 is 5.97 Å². The Labute approximate surface area is 121 Å². The first-order chi connectivity index (χ1) is 9.58. The van der Waals surface area contributed by atoms with Gasteiger partial charge in [0.05, 0.1) is 23.0 Å². The summed E-state index contributed by atoms with van der Waals surface area (Å²) in [5.74, 6) is -0.908. The van der Waals surface area contributed by atoms with Crippen molar-refractivity contribution in [1.29, 1.82) is 0 Å². The van der Waals surface area contributed by atoms with Gasteiger partial charge in [-0.25, -0.2) is 13.9 Å². The fraction of sp³-hybridized carbons (Fsp3) is 0.286. The lowest BCUT2D eigenvalue weighted by molar-refractivity contribution is 0.0516. The summed E-state index contributed by atoms with van der Waals surface area (Å²) in [6.45, 7) is 3.84. The molecule has 1 aromatic heterocycles. The Bertz CT molecular complexity index is 623. The van der Waals surface area contributed by atoms with E-state index >= 15 is 0 Å². The molecule has 0 spiro atoms. The number of aryl methyl sites for hydroxylation is 1. The molecule has 20 heavy (non-hydrogen) atoms. The molecule has 4 nitrogen and oxygen atoms in total. The van der Waals surface area contributed by atoms with Gasteiger partial charge in [0.25, 0.3) is 0 Å². The summed E-state index contributed by atoms with van der Waals surface area (Å²) < 4.78 is 19.4. The van der Waals surface area contributed by atoms with Crippen molar-refractivity contribution in [3.05, 3.63) is 46.5 Å². The molecular weight excluding hydrogens is 283 g/mol. The third-order valence-corrected chi connectivity index (χ3v) is 3.17. The molecule has 0 aliphatic carbocycles. The van der Waals surface area contributed by atoms with E-state index in [1.54, 1.807) is 6.92 Å². The quantitative estimate of drug-likeness (QED) is 0.812. The summed E-state index contributed by atoms with van der Waals surface area (Å²) in [5, 5.41) is 4.57. The molecule has 0 radical (unpaired) electrons. The predicted octanol–water partition coefficient (Wildman–Crippen LogP) is 3.40. The van der Waals surface area contributed by atoms with Crippen molar-refractivity contribution in [3.8, 4) is 5.69 Å². The maximum Gasteiger partial charge on any atom is 0.358 e. The van der Waals surface area contributed by atoms with E-state index in [2.05, 4.69) is 5.10 Å². The van der Waals surface area contributed by atoms with Crippen molar-refractivity contribution < 1.29 is 13.9 Å². The van der Waals surface area contributed by atoms with Crippen LogP contribution in [0.2, 0.25) is 5.02 Å². The summed E-state index contributed by atoms with van der Waals surface area (Å²) in [6.07, 6.45) is 0.583. The lowest BCUT2D eigenvalue weighted by Gasteiger charge is -2.07. The minimum Gasteiger partial charge on any atom is -0.461 e. The zero-order chi connectivity index (χ0) is 14.7. The maximum absolute atomic E-state index is 13.0. The van der Waals surface area contributed by atoms with Crippen LogP contribution in [0.15, 0.2) is 24.3 Å². The zero-order valence-electron chi connectivity index (χ0n) is 11.2. The fourth-order valence-electron chi connectivity index (χ4n) is 1.81. The third kappa shape index (κ3) is 2.67. The van der Waals surface area contributed by atoms with Crippen molar-refractivity contribution in [1.82, 2.24) is 9.78 Å². The van der Waals surface area contributed by atoms with E-state index in [-0.39, 0.29) is 23.1 Å². The molecule has 6 heteroatoms. The number of halogens is 2. The Morgan fingerprint density at radius 3 is 2.55 bits per heavy atom. The molecule has 0 amide bonds. The van der Waals surface area contributed by atoms with Gasteiger partial charge in [-0.2, -0.15) is 5.10 Å². The molecule has 0 saturated carbocycles. The summed E-state index contributed by atoms with van der Waals surface area (Å²) in [5.41, 5.74) is 1.31. The monoisotopic (exact) mass is 296 g/mol. The van der Waals surface area contributed by atoms with Crippen molar-refractivity contribution in [3.63, 3.8) is 0 Å². The number of benzene rings is 1. The predicted molar refractivity (Wildman–Crippen MR) is 73.9 cm³/mol. The van der Waals surface area contributed by atoms with E-state index in [0.29, 0.717) is 17.8 Å². The third-order valence-electron chi connectivity index (χ3n) is 2.77. The Morgan fingerprint density at radius 1 is 1.35 bits per heavy atom. The zero-order valence-corrected chi connectivity index (χ0v) is 11.9. The van der Waals surface area contributed by atoms with E-state index in [1.807, 2.05) is 6.92 Å². The number of carbonyl (C=O) groups is 1. The van der Waals surface area contributed by atoms with Gasteiger partial charge < -0.3 is 4.74 Å². The highest BCUT2D eigenvalue weighted by Crippen LogP contribution is 2.25. The van der Waals surface area contributed by atoms with Crippen molar-refractivity contribution in [2.24, 2.45) is 0 Å². The molecule has 106 valence electrons. The standard InChI is InChI=1S/C14H14ClFN2O2/c1-3-11-12(15)13(14(19)20-4-2)18(17-11)10-7-5-9(16)6-8-10/h5-8H,3-4H2,1-2H3. The topological polar surface area (TPSA) is 44.1 Å². The summed E-state index contributed by atoms with van der Waals surface area (Å²) in [7, 11) is 0. The van der Waals surface area contributed by atoms with Crippen LogP contribution in [0.3, 0.4) is 0 Å². The minimum absolute atomic E-state index is 0.164. The molecule has 0 aliphatic rings. The first kappa shape index (κ1) is 14.5. The Hall–Kier alpha value is -1.88. The average molecular weight is 297 g/mol. The van der Waals surface area contributed by atoms with Gasteiger partial charge in [0.15, 0.2) is 5.69 Å². The van der Waals surface area contributed by atoms with E-state index in [9.17, 15) is 9.18 Å². The number of esters is 1. The second-order valence-corrected chi connectivity index (χ2v) is 4.45. The van der Waals surface area contributed by atoms with Crippen molar-refractivity contribution >= 4 is 17.6 Å². The number of ether oxygens (including phenoxy) is 1. The largest absolute Gasteiger partial charge is 0.461 e. The number of carbonyl (C=O) groups excluding carboxylic acids is 1. The van der Waals surface area contributed by atoms with Crippen molar-refractivity contribution in [2.75, 3.05) is 6.61 Å². The van der Waals surface area contributed by atoms with Gasteiger partial charge in [-0.05, 0) is 37.6 Å². The number of hydrogen-bond acceptors (Lipinski definition) is 3.